The summed E-state index contributed by atoms with van der Waals surface area (Å²) in [6.45, 7) is 2.19. The summed E-state index contributed by atoms with van der Waals surface area (Å²) in [5.74, 6) is 0. The van der Waals surface area contributed by atoms with Crippen LogP contribution in [0.25, 0.3) is 33.6 Å². The standard InChI is InChI=1S/C25H21N/c1-2-19-10-9-15-22(16-19)23-17-24(20-11-5-3-6-12-20)26-25(18-23)21-13-7-4-8-14-21/h3-18H,2H2,1H3. The fourth-order valence-electron chi connectivity index (χ4n) is 3.18. The van der Waals surface area contributed by atoms with Crippen molar-refractivity contribution in [3.05, 3.63) is 103 Å². The third-order valence-corrected chi connectivity index (χ3v) is 4.63. The summed E-state index contributed by atoms with van der Waals surface area (Å²) in [7, 11) is 0. The van der Waals surface area contributed by atoms with Crippen LogP contribution in [-0.4, -0.2) is 4.98 Å². The number of aryl methyl sites for hydroxylation is 1. The predicted octanol–water partition coefficient (Wildman–Crippen LogP) is 6.65. The Morgan fingerprint density at radius 1 is 0.538 bits per heavy atom. The van der Waals surface area contributed by atoms with Gasteiger partial charge in [0.25, 0.3) is 0 Å². The van der Waals surface area contributed by atoms with Crippen molar-refractivity contribution in [2.75, 3.05) is 0 Å². The lowest BCUT2D eigenvalue weighted by molar-refractivity contribution is 1.14. The van der Waals surface area contributed by atoms with Crippen LogP contribution in [0.1, 0.15) is 12.5 Å². The molecule has 26 heavy (non-hydrogen) atoms. The third kappa shape index (κ3) is 3.43. The van der Waals surface area contributed by atoms with E-state index in [1.165, 1.54) is 16.7 Å². The van der Waals surface area contributed by atoms with Crippen molar-refractivity contribution in [1.82, 2.24) is 4.98 Å². The number of hydrogen-bond donors (Lipinski definition) is 0. The first-order valence-electron chi connectivity index (χ1n) is 9.06. The van der Waals surface area contributed by atoms with Crippen LogP contribution >= 0.6 is 0 Å². The predicted molar refractivity (Wildman–Crippen MR) is 110 cm³/mol. The maximum atomic E-state index is 4.94. The molecular weight excluding hydrogens is 314 g/mol. The minimum Gasteiger partial charge on any atom is -0.248 e. The van der Waals surface area contributed by atoms with E-state index in [1.807, 2.05) is 12.1 Å². The van der Waals surface area contributed by atoms with Crippen molar-refractivity contribution in [3.8, 4) is 33.6 Å². The van der Waals surface area contributed by atoms with Crippen molar-refractivity contribution < 1.29 is 0 Å². The van der Waals surface area contributed by atoms with Crippen LogP contribution in [0.5, 0.6) is 0 Å². The van der Waals surface area contributed by atoms with E-state index < -0.39 is 0 Å². The van der Waals surface area contributed by atoms with E-state index in [9.17, 15) is 0 Å². The van der Waals surface area contributed by atoms with E-state index >= 15 is 0 Å². The number of nitrogens with zero attached hydrogens (tertiary/aromatic N) is 1. The van der Waals surface area contributed by atoms with Crippen molar-refractivity contribution in [2.45, 2.75) is 13.3 Å². The van der Waals surface area contributed by atoms with Gasteiger partial charge >= 0.3 is 0 Å². The molecule has 0 aliphatic rings. The maximum Gasteiger partial charge on any atom is 0.0715 e. The smallest absolute Gasteiger partial charge is 0.0715 e. The molecule has 0 radical (unpaired) electrons. The number of pyridine rings is 1. The van der Waals surface area contributed by atoms with Gasteiger partial charge in [-0.1, -0.05) is 91.9 Å². The lowest BCUT2D eigenvalue weighted by Crippen LogP contribution is -1.91. The van der Waals surface area contributed by atoms with E-state index in [0.29, 0.717) is 0 Å². The summed E-state index contributed by atoms with van der Waals surface area (Å²) >= 11 is 0. The van der Waals surface area contributed by atoms with Crippen LogP contribution < -0.4 is 0 Å². The Morgan fingerprint density at radius 3 is 1.62 bits per heavy atom. The molecule has 0 unspecified atom stereocenters. The van der Waals surface area contributed by atoms with Gasteiger partial charge in [0, 0.05) is 11.1 Å². The number of benzene rings is 3. The summed E-state index contributed by atoms with van der Waals surface area (Å²) in [6.07, 6.45) is 1.04. The molecule has 4 aromatic rings. The molecule has 0 aliphatic heterocycles. The van der Waals surface area contributed by atoms with Crippen LogP contribution in [0.4, 0.5) is 0 Å². The number of hydrogen-bond acceptors (Lipinski definition) is 1. The molecule has 4 rings (SSSR count). The molecular formula is C25H21N. The zero-order valence-electron chi connectivity index (χ0n) is 14.9. The van der Waals surface area contributed by atoms with Crippen molar-refractivity contribution in [3.63, 3.8) is 0 Å². The summed E-state index contributed by atoms with van der Waals surface area (Å²) in [5.41, 5.74) is 8.07. The SMILES string of the molecule is CCc1cccc(-c2cc(-c3ccccc3)nc(-c3ccccc3)c2)c1. The van der Waals surface area contributed by atoms with E-state index in [4.69, 9.17) is 4.98 Å². The Labute approximate surface area is 155 Å². The second-order valence-corrected chi connectivity index (χ2v) is 6.41. The summed E-state index contributed by atoms with van der Waals surface area (Å²) in [6, 6.07) is 33.9. The van der Waals surface area contributed by atoms with Gasteiger partial charge in [0.2, 0.25) is 0 Å². The maximum absolute atomic E-state index is 4.94. The highest BCUT2D eigenvalue weighted by atomic mass is 14.7. The molecule has 0 N–H and O–H groups in total. The van der Waals surface area contributed by atoms with Gasteiger partial charge in [-0.2, -0.15) is 0 Å². The van der Waals surface area contributed by atoms with Crippen molar-refractivity contribution in [2.24, 2.45) is 0 Å². The summed E-state index contributed by atoms with van der Waals surface area (Å²) < 4.78 is 0. The minimum absolute atomic E-state index is 1.00. The molecule has 1 heteroatoms. The number of aromatic nitrogens is 1. The molecule has 0 aliphatic carbocycles. The topological polar surface area (TPSA) is 12.9 Å². The Kier molecular flexibility index (Phi) is 4.61. The van der Waals surface area contributed by atoms with Crippen LogP contribution in [0, 0.1) is 0 Å². The lowest BCUT2D eigenvalue weighted by atomic mass is 9.98. The van der Waals surface area contributed by atoms with Crippen LogP contribution in [0.15, 0.2) is 97.1 Å². The fourth-order valence-corrected chi connectivity index (χ4v) is 3.18. The Balaban J connectivity index is 1.90. The quantitative estimate of drug-likeness (QED) is 0.407. The van der Waals surface area contributed by atoms with Gasteiger partial charge in [0.1, 0.15) is 0 Å². The van der Waals surface area contributed by atoms with Gasteiger partial charge < -0.3 is 0 Å². The molecule has 0 saturated heterocycles. The monoisotopic (exact) mass is 335 g/mol. The van der Waals surface area contributed by atoms with E-state index in [1.54, 1.807) is 0 Å². The highest BCUT2D eigenvalue weighted by molar-refractivity contribution is 5.76. The van der Waals surface area contributed by atoms with Gasteiger partial charge in [0.15, 0.2) is 0 Å². The minimum atomic E-state index is 1.00. The highest BCUT2D eigenvalue weighted by Gasteiger charge is 2.09. The largest absolute Gasteiger partial charge is 0.248 e. The van der Waals surface area contributed by atoms with E-state index in [-0.39, 0.29) is 0 Å². The molecule has 0 spiro atoms. The molecule has 0 fully saturated rings. The Morgan fingerprint density at radius 2 is 1.08 bits per heavy atom. The second-order valence-electron chi connectivity index (χ2n) is 6.41. The molecule has 3 aromatic carbocycles. The molecule has 126 valence electrons. The molecule has 1 nitrogen and oxygen atoms in total. The molecule has 0 bridgehead atoms. The van der Waals surface area contributed by atoms with Gasteiger partial charge in [-0.15, -0.1) is 0 Å². The van der Waals surface area contributed by atoms with Gasteiger partial charge in [-0.05, 0) is 35.2 Å². The Hall–Kier alpha value is -3.19. The zero-order chi connectivity index (χ0) is 17.8. The molecule has 1 aromatic heterocycles. The summed E-state index contributed by atoms with van der Waals surface area (Å²) in [5, 5.41) is 0. The third-order valence-electron chi connectivity index (χ3n) is 4.63. The molecule has 1 heterocycles. The van der Waals surface area contributed by atoms with Gasteiger partial charge in [-0.25, -0.2) is 4.98 Å². The van der Waals surface area contributed by atoms with Crippen molar-refractivity contribution in [1.29, 1.82) is 0 Å². The lowest BCUT2D eigenvalue weighted by Gasteiger charge is -2.11. The number of rotatable bonds is 4. The van der Waals surface area contributed by atoms with Crippen LogP contribution in [-0.2, 0) is 6.42 Å². The van der Waals surface area contributed by atoms with Gasteiger partial charge in [0.05, 0.1) is 11.4 Å². The van der Waals surface area contributed by atoms with E-state index in [0.717, 1.165) is 28.9 Å². The van der Waals surface area contributed by atoms with Crippen LogP contribution in [0.3, 0.4) is 0 Å². The van der Waals surface area contributed by atoms with E-state index in [2.05, 4.69) is 91.9 Å². The molecule has 0 atom stereocenters. The van der Waals surface area contributed by atoms with Crippen LogP contribution in [0.2, 0.25) is 0 Å². The summed E-state index contributed by atoms with van der Waals surface area (Å²) in [4.78, 5) is 4.94. The highest BCUT2D eigenvalue weighted by Crippen LogP contribution is 2.30. The first-order valence-corrected chi connectivity index (χ1v) is 9.06. The Bertz CT molecular complexity index is 947. The first kappa shape index (κ1) is 16.3. The average Bonchev–Trinajstić information content (AvgIpc) is 2.75. The second kappa shape index (κ2) is 7.37. The van der Waals surface area contributed by atoms with Gasteiger partial charge in [-0.3, -0.25) is 0 Å². The average molecular weight is 335 g/mol. The molecule has 0 amide bonds. The van der Waals surface area contributed by atoms with Crippen molar-refractivity contribution >= 4 is 0 Å². The first-order chi connectivity index (χ1) is 12.8. The normalized spacial score (nSPS) is 10.7. The fraction of sp³-hybridized carbons (Fsp3) is 0.0800. The zero-order valence-corrected chi connectivity index (χ0v) is 14.9. The molecule has 0 saturated carbocycles.